The summed E-state index contributed by atoms with van der Waals surface area (Å²) in [4.78, 5) is 11.9. The highest BCUT2D eigenvalue weighted by atomic mass is 19.1. The van der Waals surface area contributed by atoms with Crippen LogP contribution in [0.25, 0.3) is 0 Å². The minimum atomic E-state index is -0.546. The van der Waals surface area contributed by atoms with Crippen molar-refractivity contribution in [1.82, 2.24) is 0 Å². The Morgan fingerprint density at radius 3 is 2.50 bits per heavy atom. The number of halogens is 1. The summed E-state index contributed by atoms with van der Waals surface area (Å²) >= 11 is 0. The zero-order chi connectivity index (χ0) is 14.4. The van der Waals surface area contributed by atoms with Gasteiger partial charge in [0.15, 0.2) is 0 Å². The lowest BCUT2D eigenvalue weighted by molar-refractivity contribution is 0.102. The fourth-order valence-electron chi connectivity index (χ4n) is 1.63. The molecule has 0 atom stereocenters. The molecule has 3 N–H and O–H groups in total. The summed E-state index contributed by atoms with van der Waals surface area (Å²) in [7, 11) is 0. The summed E-state index contributed by atoms with van der Waals surface area (Å²) in [6, 6.07) is 12.8. The van der Waals surface area contributed by atoms with Crippen molar-refractivity contribution in [2.24, 2.45) is 5.73 Å². The molecule has 3 nitrogen and oxygen atoms in total. The van der Waals surface area contributed by atoms with Gasteiger partial charge in [-0.15, -0.1) is 0 Å². The molecule has 0 aliphatic carbocycles. The second-order valence-electron chi connectivity index (χ2n) is 4.02. The molecule has 0 aromatic heterocycles. The van der Waals surface area contributed by atoms with Crippen molar-refractivity contribution in [3.8, 4) is 11.8 Å². The Labute approximate surface area is 116 Å². The highest BCUT2D eigenvalue weighted by Gasteiger charge is 2.10. The van der Waals surface area contributed by atoms with E-state index in [4.69, 9.17) is 5.73 Å². The molecular weight excluding hydrogens is 255 g/mol. The predicted octanol–water partition coefficient (Wildman–Crippen LogP) is 2.39. The standard InChI is InChI=1S/C16H13FN2O/c17-15-6-2-1-5-14(15)16(20)19-13-9-7-12(8-10-13)4-3-11-18/h1-2,5-10H,11,18H2,(H,19,20). The Kier molecular flexibility index (Phi) is 4.48. The van der Waals surface area contributed by atoms with Gasteiger partial charge in [-0.3, -0.25) is 4.79 Å². The second-order valence-corrected chi connectivity index (χ2v) is 4.02. The number of rotatable bonds is 2. The van der Waals surface area contributed by atoms with Gasteiger partial charge in [-0.1, -0.05) is 24.0 Å². The lowest BCUT2D eigenvalue weighted by atomic mass is 10.1. The Hall–Kier alpha value is -2.64. The van der Waals surface area contributed by atoms with Gasteiger partial charge in [0.05, 0.1) is 12.1 Å². The summed E-state index contributed by atoms with van der Waals surface area (Å²) < 4.78 is 13.5. The zero-order valence-electron chi connectivity index (χ0n) is 10.7. The zero-order valence-corrected chi connectivity index (χ0v) is 10.7. The molecule has 0 spiro atoms. The number of carbonyl (C=O) groups excluding carboxylic acids is 1. The van der Waals surface area contributed by atoms with Gasteiger partial charge in [-0.2, -0.15) is 0 Å². The molecule has 0 unspecified atom stereocenters. The average molecular weight is 268 g/mol. The summed E-state index contributed by atoms with van der Waals surface area (Å²) in [5.74, 6) is 4.59. The van der Waals surface area contributed by atoms with Gasteiger partial charge >= 0.3 is 0 Å². The summed E-state index contributed by atoms with van der Waals surface area (Å²) in [6.45, 7) is 0.297. The predicted molar refractivity (Wildman–Crippen MR) is 76.7 cm³/mol. The van der Waals surface area contributed by atoms with Crippen LogP contribution in [-0.2, 0) is 0 Å². The molecule has 2 rings (SSSR count). The van der Waals surface area contributed by atoms with Gasteiger partial charge in [0, 0.05) is 11.3 Å². The van der Waals surface area contributed by atoms with E-state index >= 15 is 0 Å². The first-order chi connectivity index (χ1) is 9.70. The lowest BCUT2D eigenvalue weighted by Crippen LogP contribution is -2.13. The smallest absolute Gasteiger partial charge is 0.258 e. The molecule has 20 heavy (non-hydrogen) atoms. The van der Waals surface area contributed by atoms with Gasteiger partial charge in [-0.05, 0) is 36.4 Å². The van der Waals surface area contributed by atoms with Gasteiger partial charge < -0.3 is 11.1 Å². The molecule has 4 heteroatoms. The Morgan fingerprint density at radius 1 is 1.15 bits per heavy atom. The van der Waals surface area contributed by atoms with Crippen LogP contribution in [0.5, 0.6) is 0 Å². The third-order valence-electron chi connectivity index (χ3n) is 2.60. The second kappa shape index (κ2) is 6.50. The molecule has 2 aromatic rings. The van der Waals surface area contributed by atoms with Crippen LogP contribution in [0.4, 0.5) is 10.1 Å². The van der Waals surface area contributed by atoms with Crippen molar-refractivity contribution >= 4 is 11.6 Å². The maximum atomic E-state index is 13.5. The van der Waals surface area contributed by atoms with E-state index in [1.165, 1.54) is 18.2 Å². The molecule has 2 aromatic carbocycles. The number of carbonyl (C=O) groups is 1. The fraction of sp³-hybridized carbons (Fsp3) is 0.0625. The van der Waals surface area contributed by atoms with Crippen molar-refractivity contribution < 1.29 is 9.18 Å². The summed E-state index contributed by atoms with van der Waals surface area (Å²) in [5.41, 5.74) is 6.68. The van der Waals surface area contributed by atoms with E-state index in [1.54, 1.807) is 30.3 Å². The van der Waals surface area contributed by atoms with E-state index in [2.05, 4.69) is 17.2 Å². The first kappa shape index (κ1) is 13.8. The summed E-state index contributed by atoms with van der Waals surface area (Å²) in [5, 5.41) is 2.63. The van der Waals surface area contributed by atoms with Crippen LogP contribution in [0.2, 0.25) is 0 Å². The van der Waals surface area contributed by atoms with Crippen LogP contribution in [0.3, 0.4) is 0 Å². The maximum Gasteiger partial charge on any atom is 0.258 e. The number of hydrogen-bond acceptors (Lipinski definition) is 2. The molecule has 0 heterocycles. The minimum Gasteiger partial charge on any atom is -0.322 e. The Bertz CT molecular complexity index is 669. The van der Waals surface area contributed by atoms with E-state index < -0.39 is 11.7 Å². The lowest BCUT2D eigenvalue weighted by Gasteiger charge is -2.06. The highest BCUT2D eigenvalue weighted by molar-refractivity contribution is 6.04. The topological polar surface area (TPSA) is 55.1 Å². The summed E-state index contributed by atoms with van der Waals surface area (Å²) in [6.07, 6.45) is 0. The van der Waals surface area contributed by atoms with Crippen molar-refractivity contribution in [2.45, 2.75) is 0 Å². The van der Waals surface area contributed by atoms with Crippen LogP contribution in [0.1, 0.15) is 15.9 Å². The van der Waals surface area contributed by atoms with E-state index in [0.29, 0.717) is 12.2 Å². The first-order valence-electron chi connectivity index (χ1n) is 6.05. The number of nitrogens with one attached hydrogen (secondary N) is 1. The van der Waals surface area contributed by atoms with Crippen LogP contribution in [0.15, 0.2) is 48.5 Å². The van der Waals surface area contributed by atoms with Crippen molar-refractivity contribution in [3.05, 3.63) is 65.5 Å². The van der Waals surface area contributed by atoms with E-state index in [1.807, 2.05) is 0 Å². The van der Waals surface area contributed by atoms with Gasteiger partial charge in [0.2, 0.25) is 0 Å². The Balaban J connectivity index is 2.11. The SMILES string of the molecule is NCC#Cc1ccc(NC(=O)c2ccccc2F)cc1. The largest absolute Gasteiger partial charge is 0.322 e. The van der Waals surface area contributed by atoms with Crippen LogP contribution >= 0.6 is 0 Å². The third kappa shape index (κ3) is 3.44. The molecule has 0 aliphatic rings. The maximum absolute atomic E-state index is 13.5. The molecule has 1 amide bonds. The van der Waals surface area contributed by atoms with E-state index in [-0.39, 0.29) is 5.56 Å². The monoisotopic (exact) mass is 268 g/mol. The number of nitrogens with two attached hydrogens (primary N) is 1. The van der Waals surface area contributed by atoms with Gasteiger partial charge in [0.25, 0.3) is 5.91 Å². The van der Waals surface area contributed by atoms with Gasteiger partial charge in [-0.25, -0.2) is 4.39 Å². The minimum absolute atomic E-state index is 0.0134. The van der Waals surface area contributed by atoms with E-state index in [0.717, 1.165) is 5.56 Å². The average Bonchev–Trinajstić information content (AvgIpc) is 2.47. The normalized spacial score (nSPS) is 9.50. The molecule has 0 saturated carbocycles. The van der Waals surface area contributed by atoms with Crippen LogP contribution < -0.4 is 11.1 Å². The molecular formula is C16H13FN2O. The molecule has 0 aliphatic heterocycles. The van der Waals surface area contributed by atoms with Gasteiger partial charge in [0.1, 0.15) is 5.82 Å². The molecule has 0 bridgehead atoms. The number of amides is 1. The van der Waals surface area contributed by atoms with E-state index in [9.17, 15) is 9.18 Å². The molecule has 0 saturated heterocycles. The number of hydrogen-bond donors (Lipinski definition) is 2. The first-order valence-corrected chi connectivity index (χ1v) is 6.05. The number of benzene rings is 2. The van der Waals surface area contributed by atoms with Crippen molar-refractivity contribution in [1.29, 1.82) is 0 Å². The fourth-order valence-corrected chi connectivity index (χ4v) is 1.63. The quantitative estimate of drug-likeness (QED) is 0.822. The third-order valence-corrected chi connectivity index (χ3v) is 2.60. The van der Waals surface area contributed by atoms with Crippen LogP contribution in [0, 0.1) is 17.7 Å². The molecule has 0 fully saturated rings. The Morgan fingerprint density at radius 2 is 1.85 bits per heavy atom. The molecule has 100 valence electrons. The van der Waals surface area contributed by atoms with Crippen molar-refractivity contribution in [3.63, 3.8) is 0 Å². The van der Waals surface area contributed by atoms with Crippen molar-refractivity contribution in [2.75, 3.05) is 11.9 Å². The highest BCUT2D eigenvalue weighted by Crippen LogP contribution is 2.12. The number of anilines is 1. The van der Waals surface area contributed by atoms with Crippen LogP contribution in [-0.4, -0.2) is 12.5 Å². The molecule has 0 radical (unpaired) electrons.